The number of aliphatic hydroxyl groups is 3. The monoisotopic (exact) mass is 540 g/mol. The lowest BCUT2D eigenvalue weighted by molar-refractivity contribution is -0.272. The van der Waals surface area contributed by atoms with Gasteiger partial charge in [0.25, 0.3) is 0 Å². The zero-order valence-corrected chi connectivity index (χ0v) is 22.5. The Morgan fingerprint density at radius 3 is 1.97 bits per heavy atom. The van der Waals surface area contributed by atoms with Crippen molar-refractivity contribution in [2.24, 2.45) is 11.3 Å². The van der Waals surface area contributed by atoms with Crippen molar-refractivity contribution in [1.29, 1.82) is 0 Å². The molecule has 0 bridgehead atoms. The van der Waals surface area contributed by atoms with E-state index in [0.717, 1.165) is 0 Å². The number of epoxide rings is 1. The second-order valence-corrected chi connectivity index (χ2v) is 11.5. The van der Waals surface area contributed by atoms with Crippen LogP contribution in [0, 0.1) is 11.3 Å². The molecule has 38 heavy (non-hydrogen) atoms. The SMILES string of the molecule is CC(=O)O[C@H]1C[C@@H](OC(C)=O)[C@@]2(C)[C@H]([C@@H](O)[C@@]34O[C@]3(C)C(=O)O[C@@H]4/C=C/1C)[C@@](C)(O)[C@H](O)C[C@H]2OC(C)=O. The standard InChI is InChI=1S/C26H36O12/c1-11-8-19-26(25(7,38-26)22(32)37-19)21(31)20-23(5,17(35-13(3)28)9-15(11)34-12(2)27)18(36-14(4)29)10-16(30)24(20,6)33/h8,15-21,30-31,33H,9-10H2,1-7H3/b11-8+/t15-,16+,17+,18+,19+,20-,21+,23+,24-,25+,26+/m0/s1. The smallest absolute Gasteiger partial charge is 0.342 e. The molecule has 4 aliphatic rings. The minimum atomic E-state index is -2.05. The molecular formula is C26H36O12. The first-order chi connectivity index (χ1) is 17.4. The highest BCUT2D eigenvalue weighted by Gasteiger charge is 2.87. The summed E-state index contributed by atoms with van der Waals surface area (Å²) < 4.78 is 28.5. The summed E-state index contributed by atoms with van der Waals surface area (Å²) >= 11 is 0. The van der Waals surface area contributed by atoms with Crippen LogP contribution < -0.4 is 0 Å². The Kier molecular flexibility index (Phi) is 6.75. The van der Waals surface area contributed by atoms with E-state index in [1.165, 1.54) is 40.7 Å². The number of carbonyl (C=O) groups is 4. The molecule has 0 radical (unpaired) electrons. The van der Waals surface area contributed by atoms with E-state index < -0.39 is 88.6 Å². The maximum atomic E-state index is 12.9. The number of hydrogen-bond donors (Lipinski definition) is 3. The molecule has 2 heterocycles. The van der Waals surface area contributed by atoms with Crippen LogP contribution >= 0.6 is 0 Å². The predicted molar refractivity (Wildman–Crippen MR) is 126 cm³/mol. The first-order valence-corrected chi connectivity index (χ1v) is 12.6. The van der Waals surface area contributed by atoms with Gasteiger partial charge in [-0.1, -0.05) is 6.92 Å². The van der Waals surface area contributed by atoms with Crippen LogP contribution in [0.25, 0.3) is 0 Å². The van der Waals surface area contributed by atoms with Crippen LogP contribution in [0.3, 0.4) is 0 Å². The molecule has 1 spiro atoms. The summed E-state index contributed by atoms with van der Waals surface area (Å²) in [6, 6.07) is 0. The minimum Gasteiger partial charge on any atom is -0.462 e. The lowest BCUT2D eigenvalue weighted by Crippen LogP contribution is -2.72. The van der Waals surface area contributed by atoms with E-state index in [0.29, 0.717) is 5.57 Å². The van der Waals surface area contributed by atoms with Crippen molar-refractivity contribution in [2.75, 3.05) is 0 Å². The highest BCUT2D eigenvalue weighted by molar-refractivity contribution is 5.89. The van der Waals surface area contributed by atoms with Gasteiger partial charge in [0.15, 0.2) is 17.3 Å². The quantitative estimate of drug-likeness (QED) is 0.190. The molecule has 12 nitrogen and oxygen atoms in total. The fourth-order valence-corrected chi connectivity index (χ4v) is 6.95. The number of hydrogen-bond acceptors (Lipinski definition) is 12. The Balaban J connectivity index is 2.01. The third-order valence-corrected chi connectivity index (χ3v) is 8.95. The minimum absolute atomic E-state index is 0.142. The first kappa shape index (κ1) is 28.5. The number of esters is 4. The normalized spacial score (nSPS) is 49.2. The Labute approximate surface area is 220 Å². The van der Waals surface area contributed by atoms with Crippen molar-refractivity contribution in [3.8, 4) is 0 Å². The number of carbonyl (C=O) groups excluding carboxylic acids is 4. The van der Waals surface area contributed by atoms with Gasteiger partial charge in [-0.25, -0.2) is 4.79 Å². The summed E-state index contributed by atoms with van der Waals surface area (Å²) in [7, 11) is 0. The van der Waals surface area contributed by atoms with Crippen LogP contribution in [0.1, 0.15) is 61.3 Å². The Bertz CT molecular complexity index is 1080. The predicted octanol–water partition coefficient (Wildman–Crippen LogP) is 0.0836. The molecule has 212 valence electrons. The lowest BCUT2D eigenvalue weighted by Gasteiger charge is -2.59. The van der Waals surface area contributed by atoms with Gasteiger partial charge in [-0.3, -0.25) is 14.4 Å². The molecule has 2 aliphatic heterocycles. The Morgan fingerprint density at radius 2 is 1.47 bits per heavy atom. The molecular weight excluding hydrogens is 504 g/mol. The largest absolute Gasteiger partial charge is 0.462 e. The average Bonchev–Trinajstić information content (AvgIpc) is 3.36. The van der Waals surface area contributed by atoms with Gasteiger partial charge in [0.05, 0.1) is 23.2 Å². The fourth-order valence-electron chi connectivity index (χ4n) is 6.95. The summed E-state index contributed by atoms with van der Waals surface area (Å²) in [6.07, 6.45) is -6.53. The van der Waals surface area contributed by atoms with Crippen LogP contribution in [-0.4, -0.2) is 92.6 Å². The van der Waals surface area contributed by atoms with Crippen molar-refractivity contribution in [2.45, 2.75) is 115 Å². The second-order valence-electron chi connectivity index (χ2n) is 11.5. The lowest BCUT2D eigenvalue weighted by atomic mass is 9.51. The Morgan fingerprint density at radius 1 is 0.947 bits per heavy atom. The van der Waals surface area contributed by atoms with Crippen LogP contribution in [0.2, 0.25) is 0 Å². The molecule has 2 saturated heterocycles. The van der Waals surface area contributed by atoms with Crippen molar-refractivity contribution < 1.29 is 58.2 Å². The van der Waals surface area contributed by atoms with Gasteiger partial charge in [-0.05, 0) is 32.4 Å². The highest BCUT2D eigenvalue weighted by atomic mass is 16.7. The van der Waals surface area contributed by atoms with Crippen LogP contribution in [0.15, 0.2) is 11.6 Å². The van der Waals surface area contributed by atoms with Crippen LogP contribution in [0.4, 0.5) is 0 Å². The van der Waals surface area contributed by atoms with Gasteiger partial charge < -0.3 is 39.0 Å². The highest BCUT2D eigenvalue weighted by Crippen LogP contribution is 2.65. The molecule has 3 N–H and O–H groups in total. The van der Waals surface area contributed by atoms with Crippen LogP contribution in [-0.2, 0) is 42.9 Å². The van der Waals surface area contributed by atoms with E-state index in [9.17, 15) is 34.5 Å². The van der Waals surface area contributed by atoms with Crippen molar-refractivity contribution in [3.63, 3.8) is 0 Å². The molecule has 2 aliphatic carbocycles. The third kappa shape index (κ3) is 3.95. The number of rotatable bonds is 3. The summed E-state index contributed by atoms with van der Waals surface area (Å²) in [6.45, 7) is 9.53. The van der Waals surface area contributed by atoms with E-state index >= 15 is 0 Å². The third-order valence-electron chi connectivity index (χ3n) is 8.95. The molecule has 0 aromatic carbocycles. The van der Waals surface area contributed by atoms with Gasteiger partial charge in [0, 0.05) is 39.5 Å². The molecule has 12 heteroatoms. The number of fused-ring (bicyclic) bond motifs is 1. The molecule has 3 fully saturated rings. The molecule has 4 rings (SSSR count). The molecule has 11 atom stereocenters. The summed E-state index contributed by atoms with van der Waals surface area (Å²) in [4.78, 5) is 49.5. The first-order valence-electron chi connectivity index (χ1n) is 12.6. The molecule has 0 amide bonds. The zero-order chi connectivity index (χ0) is 28.6. The molecule has 0 aromatic rings. The van der Waals surface area contributed by atoms with Gasteiger partial charge in [-0.2, -0.15) is 0 Å². The molecule has 0 aromatic heterocycles. The van der Waals surface area contributed by atoms with Gasteiger partial charge in [0.2, 0.25) is 0 Å². The average molecular weight is 541 g/mol. The maximum absolute atomic E-state index is 12.9. The van der Waals surface area contributed by atoms with Gasteiger partial charge in [0.1, 0.15) is 18.3 Å². The molecule has 0 unspecified atom stereocenters. The van der Waals surface area contributed by atoms with Crippen molar-refractivity contribution in [3.05, 3.63) is 11.6 Å². The number of ether oxygens (including phenoxy) is 5. The van der Waals surface area contributed by atoms with E-state index in [1.807, 2.05) is 0 Å². The fraction of sp³-hybridized carbons (Fsp3) is 0.769. The maximum Gasteiger partial charge on any atom is 0.342 e. The van der Waals surface area contributed by atoms with Gasteiger partial charge >= 0.3 is 23.9 Å². The van der Waals surface area contributed by atoms with Crippen molar-refractivity contribution >= 4 is 23.9 Å². The molecule has 1 saturated carbocycles. The second kappa shape index (κ2) is 9.00. The Hall–Kier alpha value is -2.54. The van der Waals surface area contributed by atoms with E-state index in [2.05, 4.69) is 0 Å². The zero-order valence-electron chi connectivity index (χ0n) is 22.5. The van der Waals surface area contributed by atoms with Gasteiger partial charge in [-0.15, -0.1) is 0 Å². The van der Waals surface area contributed by atoms with Crippen LogP contribution in [0.5, 0.6) is 0 Å². The summed E-state index contributed by atoms with van der Waals surface area (Å²) in [5.41, 5.74) is -6.46. The number of aliphatic hydroxyl groups excluding tert-OH is 2. The van der Waals surface area contributed by atoms with E-state index in [1.54, 1.807) is 13.8 Å². The van der Waals surface area contributed by atoms with Crippen molar-refractivity contribution in [1.82, 2.24) is 0 Å². The summed E-state index contributed by atoms with van der Waals surface area (Å²) in [5.74, 6) is -4.17. The summed E-state index contributed by atoms with van der Waals surface area (Å²) in [5, 5.41) is 34.9. The van der Waals surface area contributed by atoms with E-state index in [4.69, 9.17) is 23.7 Å². The topological polar surface area (TPSA) is 178 Å². The van der Waals surface area contributed by atoms with E-state index in [-0.39, 0.29) is 12.8 Å².